The number of hydrogen-bond donors (Lipinski definition) is 2. The van der Waals surface area contributed by atoms with E-state index in [4.69, 9.17) is 9.47 Å². The van der Waals surface area contributed by atoms with Crippen LogP contribution in [0.2, 0.25) is 0 Å². The van der Waals surface area contributed by atoms with E-state index < -0.39 is 0 Å². The fraction of sp³-hybridized carbons (Fsp3) is 0.529. The minimum absolute atomic E-state index is 0.251. The van der Waals surface area contributed by atoms with Crippen LogP contribution < -0.4 is 5.32 Å². The molecule has 1 spiro atoms. The summed E-state index contributed by atoms with van der Waals surface area (Å²) in [5.41, 5.74) is 2.58. The lowest BCUT2D eigenvalue weighted by Gasteiger charge is -2.35. The lowest BCUT2D eigenvalue weighted by molar-refractivity contribution is -0.179. The van der Waals surface area contributed by atoms with Gasteiger partial charge in [-0.05, 0) is 30.5 Å². The number of benzene rings is 1. The van der Waals surface area contributed by atoms with Crippen molar-refractivity contribution in [3.8, 4) is 0 Å². The van der Waals surface area contributed by atoms with Crippen LogP contribution in [0, 0.1) is 0 Å². The molecule has 1 aromatic heterocycles. The SMILES string of the molecule is c1cc(CNC2CCC3(CC2)OCCO3)c2cc[nH]c2c1. The summed E-state index contributed by atoms with van der Waals surface area (Å²) in [5, 5.41) is 5.02. The van der Waals surface area contributed by atoms with Crippen LogP contribution in [0.4, 0.5) is 0 Å². The van der Waals surface area contributed by atoms with Crippen molar-refractivity contribution in [2.24, 2.45) is 0 Å². The number of nitrogens with one attached hydrogen (secondary N) is 2. The highest BCUT2D eigenvalue weighted by atomic mass is 16.7. The van der Waals surface area contributed by atoms with E-state index in [1.165, 1.54) is 16.5 Å². The summed E-state index contributed by atoms with van der Waals surface area (Å²) in [5.74, 6) is -0.251. The van der Waals surface area contributed by atoms with Gasteiger partial charge in [0.2, 0.25) is 0 Å². The van der Waals surface area contributed by atoms with Crippen LogP contribution in [0.15, 0.2) is 30.5 Å². The zero-order valence-corrected chi connectivity index (χ0v) is 12.2. The Labute approximate surface area is 124 Å². The molecule has 4 heteroatoms. The van der Waals surface area contributed by atoms with E-state index in [1.54, 1.807) is 0 Å². The van der Waals surface area contributed by atoms with Crippen molar-refractivity contribution in [3.63, 3.8) is 0 Å². The van der Waals surface area contributed by atoms with Gasteiger partial charge in [0.15, 0.2) is 5.79 Å². The van der Waals surface area contributed by atoms with Crippen LogP contribution in [0.3, 0.4) is 0 Å². The Kier molecular flexibility index (Phi) is 3.45. The van der Waals surface area contributed by atoms with Crippen molar-refractivity contribution in [3.05, 3.63) is 36.0 Å². The van der Waals surface area contributed by atoms with Crippen molar-refractivity contribution in [2.75, 3.05) is 13.2 Å². The Morgan fingerprint density at radius 1 is 1.14 bits per heavy atom. The second-order valence-corrected chi connectivity index (χ2v) is 6.12. The molecule has 1 aliphatic heterocycles. The molecule has 21 heavy (non-hydrogen) atoms. The van der Waals surface area contributed by atoms with Gasteiger partial charge in [-0.1, -0.05) is 12.1 Å². The number of aromatic amines is 1. The molecule has 0 amide bonds. The predicted molar refractivity (Wildman–Crippen MR) is 82.0 cm³/mol. The van der Waals surface area contributed by atoms with Crippen molar-refractivity contribution < 1.29 is 9.47 Å². The zero-order valence-electron chi connectivity index (χ0n) is 12.2. The lowest BCUT2D eigenvalue weighted by atomic mass is 9.90. The first-order valence-electron chi connectivity index (χ1n) is 7.91. The molecule has 0 atom stereocenters. The van der Waals surface area contributed by atoms with E-state index in [0.29, 0.717) is 6.04 Å². The monoisotopic (exact) mass is 286 g/mol. The molecule has 112 valence electrons. The van der Waals surface area contributed by atoms with Gasteiger partial charge in [0.25, 0.3) is 0 Å². The summed E-state index contributed by atoms with van der Waals surface area (Å²) in [6.07, 6.45) is 6.29. The van der Waals surface area contributed by atoms with Crippen LogP contribution in [0.1, 0.15) is 31.2 Å². The topological polar surface area (TPSA) is 46.3 Å². The molecule has 4 nitrogen and oxygen atoms in total. The average Bonchev–Trinajstić information content (AvgIpc) is 3.16. The van der Waals surface area contributed by atoms with Crippen molar-refractivity contribution in [2.45, 2.75) is 44.1 Å². The highest BCUT2D eigenvalue weighted by molar-refractivity contribution is 5.82. The highest BCUT2D eigenvalue weighted by Crippen LogP contribution is 2.35. The molecule has 0 unspecified atom stereocenters. The Balaban J connectivity index is 1.36. The van der Waals surface area contributed by atoms with Crippen molar-refractivity contribution in [1.82, 2.24) is 10.3 Å². The number of aromatic nitrogens is 1. The molecule has 2 aliphatic rings. The summed E-state index contributed by atoms with van der Waals surface area (Å²) < 4.78 is 11.6. The number of rotatable bonds is 3. The van der Waals surface area contributed by atoms with E-state index in [1.807, 2.05) is 6.20 Å². The molecule has 1 aliphatic carbocycles. The summed E-state index contributed by atoms with van der Waals surface area (Å²) in [4.78, 5) is 3.27. The van der Waals surface area contributed by atoms with Gasteiger partial charge in [-0.3, -0.25) is 0 Å². The predicted octanol–water partition coefficient (Wildman–Crippen LogP) is 2.94. The van der Waals surface area contributed by atoms with Gasteiger partial charge in [-0.25, -0.2) is 0 Å². The molecular weight excluding hydrogens is 264 g/mol. The van der Waals surface area contributed by atoms with E-state index in [2.05, 4.69) is 34.6 Å². The average molecular weight is 286 g/mol. The first-order chi connectivity index (χ1) is 10.3. The van der Waals surface area contributed by atoms with Crippen molar-refractivity contribution in [1.29, 1.82) is 0 Å². The maximum absolute atomic E-state index is 5.79. The van der Waals surface area contributed by atoms with Gasteiger partial charge in [0, 0.05) is 42.5 Å². The van der Waals surface area contributed by atoms with Crippen molar-refractivity contribution >= 4 is 10.9 Å². The standard InChI is InChI=1S/C17H22N2O2/c1-2-13(15-6-9-18-16(15)3-1)12-19-14-4-7-17(8-5-14)20-10-11-21-17/h1-3,6,9,14,18-19H,4-5,7-8,10-12H2. The molecule has 1 aromatic carbocycles. The first-order valence-corrected chi connectivity index (χ1v) is 7.91. The molecule has 4 rings (SSSR count). The largest absolute Gasteiger partial charge is 0.361 e. The second-order valence-electron chi connectivity index (χ2n) is 6.12. The van der Waals surface area contributed by atoms with Gasteiger partial charge in [-0.15, -0.1) is 0 Å². The minimum atomic E-state index is -0.251. The summed E-state index contributed by atoms with van der Waals surface area (Å²) in [7, 11) is 0. The Hall–Kier alpha value is -1.36. The van der Waals surface area contributed by atoms with E-state index in [9.17, 15) is 0 Å². The maximum atomic E-state index is 5.79. The molecule has 2 aromatic rings. The van der Waals surface area contributed by atoms with Gasteiger partial charge in [0.1, 0.15) is 0 Å². The number of fused-ring (bicyclic) bond motifs is 1. The third-order valence-electron chi connectivity index (χ3n) is 4.83. The van der Waals surface area contributed by atoms with E-state index in [-0.39, 0.29) is 5.79 Å². The van der Waals surface area contributed by atoms with E-state index >= 15 is 0 Å². The second kappa shape index (κ2) is 5.44. The first kappa shape index (κ1) is 13.3. The molecule has 2 fully saturated rings. The van der Waals surface area contributed by atoms with Crippen LogP contribution in [0.5, 0.6) is 0 Å². The third-order valence-corrected chi connectivity index (χ3v) is 4.83. The Morgan fingerprint density at radius 2 is 1.95 bits per heavy atom. The normalized spacial score (nSPS) is 22.3. The minimum Gasteiger partial charge on any atom is -0.361 e. The van der Waals surface area contributed by atoms with Crippen LogP contribution >= 0.6 is 0 Å². The fourth-order valence-electron chi connectivity index (χ4n) is 3.61. The van der Waals surface area contributed by atoms with Crippen LogP contribution in [-0.2, 0) is 16.0 Å². The molecule has 2 heterocycles. The Bertz CT molecular complexity index is 606. The lowest BCUT2D eigenvalue weighted by Crippen LogP contribution is -2.41. The van der Waals surface area contributed by atoms with Crippen LogP contribution in [-0.4, -0.2) is 30.0 Å². The molecule has 1 saturated heterocycles. The fourth-order valence-corrected chi connectivity index (χ4v) is 3.61. The number of hydrogen-bond acceptors (Lipinski definition) is 3. The quantitative estimate of drug-likeness (QED) is 0.912. The smallest absolute Gasteiger partial charge is 0.168 e. The van der Waals surface area contributed by atoms with E-state index in [0.717, 1.165) is 45.4 Å². The zero-order chi connectivity index (χ0) is 14.1. The number of ether oxygens (including phenoxy) is 2. The molecular formula is C17H22N2O2. The van der Waals surface area contributed by atoms with Gasteiger partial charge in [0.05, 0.1) is 13.2 Å². The molecule has 0 radical (unpaired) electrons. The maximum Gasteiger partial charge on any atom is 0.168 e. The number of H-pyrrole nitrogens is 1. The molecule has 0 bridgehead atoms. The van der Waals surface area contributed by atoms with Gasteiger partial charge < -0.3 is 19.8 Å². The molecule has 2 N–H and O–H groups in total. The third kappa shape index (κ3) is 2.59. The Morgan fingerprint density at radius 3 is 2.76 bits per heavy atom. The van der Waals surface area contributed by atoms with Crippen LogP contribution in [0.25, 0.3) is 10.9 Å². The molecule has 1 saturated carbocycles. The summed E-state index contributed by atoms with van der Waals surface area (Å²) in [6.45, 7) is 2.44. The van der Waals surface area contributed by atoms with Gasteiger partial charge >= 0.3 is 0 Å². The summed E-state index contributed by atoms with van der Waals surface area (Å²) in [6, 6.07) is 9.17. The van der Waals surface area contributed by atoms with Gasteiger partial charge in [-0.2, -0.15) is 0 Å². The summed E-state index contributed by atoms with van der Waals surface area (Å²) >= 11 is 0. The highest BCUT2D eigenvalue weighted by Gasteiger charge is 2.40.